The van der Waals surface area contributed by atoms with Crippen LogP contribution in [0.4, 0.5) is 0 Å². The van der Waals surface area contributed by atoms with Gasteiger partial charge in [-0.15, -0.1) is 0 Å². The van der Waals surface area contributed by atoms with E-state index < -0.39 is 0 Å². The molecular weight excluding hydrogens is 192 g/mol. The number of methoxy groups -OCH3 is 1. The van der Waals surface area contributed by atoms with Gasteiger partial charge in [-0.05, 0) is 12.5 Å². The molecule has 2 N–H and O–H groups in total. The van der Waals surface area contributed by atoms with E-state index in [1.807, 2.05) is 12.1 Å². The first-order valence-corrected chi connectivity index (χ1v) is 5.15. The summed E-state index contributed by atoms with van der Waals surface area (Å²) in [4.78, 5) is 4.15. The fourth-order valence-electron chi connectivity index (χ4n) is 1.92. The van der Waals surface area contributed by atoms with Gasteiger partial charge in [0, 0.05) is 30.3 Å². The first-order valence-electron chi connectivity index (χ1n) is 5.15. The highest BCUT2D eigenvalue weighted by Crippen LogP contribution is 2.30. The lowest BCUT2D eigenvalue weighted by molar-refractivity contribution is 0.180. The average Bonchev–Trinajstić information content (AvgIpc) is 2.81. The maximum absolute atomic E-state index is 6.18. The number of aromatic nitrogens is 1. The van der Waals surface area contributed by atoms with Gasteiger partial charge < -0.3 is 15.2 Å². The number of hydrogen-bond acceptors (Lipinski definition) is 4. The lowest BCUT2D eigenvalue weighted by Crippen LogP contribution is -2.22. The summed E-state index contributed by atoms with van der Waals surface area (Å²) in [7, 11) is 1.61. The normalized spacial score (nSPS) is 22.7. The van der Waals surface area contributed by atoms with Gasteiger partial charge in [-0.2, -0.15) is 0 Å². The molecule has 2 heterocycles. The molecule has 4 nitrogen and oxygen atoms in total. The smallest absolute Gasteiger partial charge is 0.217 e. The van der Waals surface area contributed by atoms with E-state index in [0.717, 1.165) is 25.2 Å². The van der Waals surface area contributed by atoms with E-state index in [4.69, 9.17) is 15.2 Å². The first kappa shape index (κ1) is 10.4. The van der Waals surface area contributed by atoms with Crippen molar-refractivity contribution >= 4 is 0 Å². The molecule has 0 aliphatic carbocycles. The lowest BCUT2D eigenvalue weighted by Gasteiger charge is -2.19. The summed E-state index contributed by atoms with van der Waals surface area (Å²) < 4.78 is 10.5. The Labute approximate surface area is 89.4 Å². The van der Waals surface area contributed by atoms with E-state index in [-0.39, 0.29) is 6.04 Å². The van der Waals surface area contributed by atoms with Crippen molar-refractivity contribution in [3.63, 3.8) is 0 Å². The molecule has 1 aliphatic rings. The predicted octanol–water partition coefficient (Wildman–Crippen LogP) is 1.13. The quantitative estimate of drug-likeness (QED) is 0.809. The summed E-state index contributed by atoms with van der Waals surface area (Å²) in [6.07, 6.45) is 2.72. The average molecular weight is 208 g/mol. The Bertz CT molecular complexity index is 324. The minimum atomic E-state index is -0.0452. The van der Waals surface area contributed by atoms with Crippen LogP contribution in [0.2, 0.25) is 0 Å². The van der Waals surface area contributed by atoms with Gasteiger partial charge in [-0.3, -0.25) is 0 Å². The number of nitrogens with two attached hydrogens (primary N) is 1. The molecule has 0 saturated carbocycles. The maximum Gasteiger partial charge on any atom is 0.217 e. The molecule has 0 amide bonds. The van der Waals surface area contributed by atoms with Crippen LogP contribution in [0.15, 0.2) is 18.3 Å². The molecule has 1 aromatic heterocycles. The van der Waals surface area contributed by atoms with Crippen LogP contribution in [0.3, 0.4) is 0 Å². The molecule has 1 aliphatic heterocycles. The fraction of sp³-hybridized carbons (Fsp3) is 0.545. The van der Waals surface area contributed by atoms with Gasteiger partial charge >= 0.3 is 0 Å². The second kappa shape index (κ2) is 4.59. The zero-order valence-electron chi connectivity index (χ0n) is 8.85. The van der Waals surface area contributed by atoms with E-state index in [9.17, 15) is 0 Å². The standard InChI is InChI=1S/C11H16N2O2/c1-14-11-9(3-2-5-13-11)10(12)8-4-6-15-7-8/h2-3,5,8,10H,4,6-7,12H2,1H3. The van der Waals surface area contributed by atoms with Crippen LogP contribution >= 0.6 is 0 Å². The third kappa shape index (κ3) is 2.11. The summed E-state index contributed by atoms with van der Waals surface area (Å²) in [5.74, 6) is 1.000. The second-order valence-corrected chi connectivity index (χ2v) is 3.75. The molecule has 0 spiro atoms. The zero-order chi connectivity index (χ0) is 10.7. The molecular formula is C11H16N2O2. The molecule has 2 unspecified atom stereocenters. The van der Waals surface area contributed by atoms with Crippen molar-refractivity contribution in [3.8, 4) is 5.88 Å². The van der Waals surface area contributed by atoms with Gasteiger partial charge in [0.15, 0.2) is 0 Å². The molecule has 82 valence electrons. The maximum atomic E-state index is 6.18. The summed E-state index contributed by atoms with van der Waals surface area (Å²) in [6.45, 7) is 1.54. The molecule has 2 atom stereocenters. The zero-order valence-corrected chi connectivity index (χ0v) is 8.85. The fourth-order valence-corrected chi connectivity index (χ4v) is 1.92. The van der Waals surface area contributed by atoms with Gasteiger partial charge in [0.1, 0.15) is 0 Å². The van der Waals surface area contributed by atoms with E-state index in [0.29, 0.717) is 11.8 Å². The number of pyridine rings is 1. The van der Waals surface area contributed by atoms with E-state index >= 15 is 0 Å². The number of hydrogen-bond donors (Lipinski definition) is 1. The van der Waals surface area contributed by atoms with Gasteiger partial charge in [0.05, 0.1) is 13.7 Å². The molecule has 15 heavy (non-hydrogen) atoms. The minimum absolute atomic E-state index is 0.0452. The van der Waals surface area contributed by atoms with E-state index in [1.54, 1.807) is 13.3 Å². The van der Waals surface area contributed by atoms with Gasteiger partial charge in [-0.25, -0.2) is 4.98 Å². The van der Waals surface area contributed by atoms with Crippen LogP contribution in [0.5, 0.6) is 5.88 Å². The first-order chi connectivity index (χ1) is 7.33. The highest BCUT2D eigenvalue weighted by Gasteiger charge is 2.26. The van der Waals surface area contributed by atoms with Crippen LogP contribution in [-0.4, -0.2) is 25.3 Å². The highest BCUT2D eigenvalue weighted by atomic mass is 16.5. The molecule has 2 rings (SSSR count). The van der Waals surface area contributed by atoms with Crippen molar-refractivity contribution in [1.29, 1.82) is 0 Å². The minimum Gasteiger partial charge on any atom is -0.481 e. The van der Waals surface area contributed by atoms with Gasteiger partial charge in [-0.1, -0.05) is 6.07 Å². The Morgan fingerprint density at radius 1 is 1.67 bits per heavy atom. The third-order valence-corrected chi connectivity index (χ3v) is 2.83. The molecule has 1 aromatic rings. The van der Waals surface area contributed by atoms with Crippen LogP contribution in [-0.2, 0) is 4.74 Å². The Balaban J connectivity index is 2.19. The SMILES string of the molecule is COc1ncccc1C(N)C1CCOC1. The van der Waals surface area contributed by atoms with Crippen molar-refractivity contribution in [2.24, 2.45) is 11.7 Å². The lowest BCUT2D eigenvalue weighted by atomic mass is 9.94. The summed E-state index contributed by atoms with van der Waals surface area (Å²) in [5, 5.41) is 0. The van der Waals surface area contributed by atoms with Crippen LogP contribution < -0.4 is 10.5 Å². The van der Waals surface area contributed by atoms with E-state index in [2.05, 4.69) is 4.98 Å². The monoisotopic (exact) mass is 208 g/mol. The van der Waals surface area contributed by atoms with Crippen molar-refractivity contribution in [1.82, 2.24) is 4.98 Å². The van der Waals surface area contributed by atoms with Crippen LogP contribution in [0, 0.1) is 5.92 Å². The highest BCUT2D eigenvalue weighted by molar-refractivity contribution is 5.29. The largest absolute Gasteiger partial charge is 0.481 e. The number of rotatable bonds is 3. The topological polar surface area (TPSA) is 57.4 Å². The van der Waals surface area contributed by atoms with Gasteiger partial charge in [0.2, 0.25) is 5.88 Å². The van der Waals surface area contributed by atoms with Gasteiger partial charge in [0.25, 0.3) is 0 Å². The van der Waals surface area contributed by atoms with Crippen molar-refractivity contribution in [2.75, 3.05) is 20.3 Å². The Hall–Kier alpha value is -1.13. The van der Waals surface area contributed by atoms with Crippen molar-refractivity contribution < 1.29 is 9.47 Å². The predicted molar refractivity (Wildman–Crippen MR) is 56.6 cm³/mol. The molecule has 0 aromatic carbocycles. The molecule has 1 fully saturated rings. The Morgan fingerprint density at radius 3 is 3.20 bits per heavy atom. The van der Waals surface area contributed by atoms with Crippen LogP contribution in [0.25, 0.3) is 0 Å². The molecule has 0 radical (unpaired) electrons. The molecule has 4 heteroatoms. The summed E-state index contributed by atoms with van der Waals surface area (Å²) in [5.41, 5.74) is 7.14. The van der Waals surface area contributed by atoms with Crippen molar-refractivity contribution in [3.05, 3.63) is 23.9 Å². The summed E-state index contributed by atoms with van der Waals surface area (Å²) >= 11 is 0. The van der Waals surface area contributed by atoms with Crippen molar-refractivity contribution in [2.45, 2.75) is 12.5 Å². The summed E-state index contributed by atoms with van der Waals surface area (Å²) in [6, 6.07) is 3.80. The van der Waals surface area contributed by atoms with Crippen LogP contribution in [0.1, 0.15) is 18.0 Å². The Morgan fingerprint density at radius 2 is 2.53 bits per heavy atom. The third-order valence-electron chi connectivity index (χ3n) is 2.83. The number of ether oxygens (including phenoxy) is 2. The molecule has 1 saturated heterocycles. The molecule has 0 bridgehead atoms. The number of nitrogens with zero attached hydrogens (tertiary/aromatic N) is 1. The Kier molecular flexibility index (Phi) is 3.18. The second-order valence-electron chi connectivity index (χ2n) is 3.75. The van der Waals surface area contributed by atoms with E-state index in [1.165, 1.54) is 0 Å².